The molecule has 4 nitrogen and oxygen atoms in total. The molecule has 0 atom stereocenters. The van der Waals surface area contributed by atoms with E-state index < -0.39 is 4.92 Å². The highest BCUT2D eigenvalue weighted by molar-refractivity contribution is 9.10. The van der Waals surface area contributed by atoms with E-state index in [0.29, 0.717) is 22.3 Å². The van der Waals surface area contributed by atoms with Crippen molar-refractivity contribution in [3.8, 4) is 0 Å². The summed E-state index contributed by atoms with van der Waals surface area (Å²) in [6.45, 7) is 2.08. The molecule has 1 N–H and O–H groups in total. The van der Waals surface area contributed by atoms with Gasteiger partial charge in [0.15, 0.2) is 0 Å². The number of nitro benzene ring substituents is 1. The van der Waals surface area contributed by atoms with Crippen LogP contribution in [0.3, 0.4) is 0 Å². The van der Waals surface area contributed by atoms with Crippen molar-refractivity contribution in [1.82, 2.24) is 0 Å². The Morgan fingerprint density at radius 1 is 1.30 bits per heavy atom. The fraction of sp³-hybridized carbons (Fsp3) is 0.143. The molecule has 6 heteroatoms. The zero-order valence-corrected chi connectivity index (χ0v) is 12.3. The minimum absolute atomic E-state index is 0.0667. The summed E-state index contributed by atoms with van der Waals surface area (Å²) in [7, 11) is 0. The molecule has 2 aromatic rings. The average molecular weight is 339 g/mol. The molecule has 0 aliphatic rings. The second kappa shape index (κ2) is 6.00. The van der Waals surface area contributed by atoms with Gasteiger partial charge in [-0.05, 0) is 46.6 Å². The van der Waals surface area contributed by atoms with Gasteiger partial charge < -0.3 is 5.32 Å². The van der Waals surface area contributed by atoms with Crippen LogP contribution in [0.4, 0.5) is 15.8 Å². The van der Waals surface area contributed by atoms with Crippen LogP contribution in [0.1, 0.15) is 11.1 Å². The number of rotatable bonds is 4. The molecule has 0 aliphatic carbocycles. The molecule has 0 aliphatic heterocycles. The van der Waals surface area contributed by atoms with Gasteiger partial charge in [-0.15, -0.1) is 0 Å². The molecule has 0 unspecified atom stereocenters. The van der Waals surface area contributed by atoms with Gasteiger partial charge in [-0.2, -0.15) is 0 Å². The Hall–Kier alpha value is -1.95. The lowest BCUT2D eigenvalue weighted by Crippen LogP contribution is -2.01. The summed E-state index contributed by atoms with van der Waals surface area (Å²) in [5.41, 5.74) is 2.06. The van der Waals surface area contributed by atoms with E-state index in [1.165, 1.54) is 12.1 Å². The highest BCUT2D eigenvalue weighted by atomic mass is 79.9. The van der Waals surface area contributed by atoms with E-state index in [-0.39, 0.29) is 11.5 Å². The molecule has 0 spiro atoms. The molecule has 0 bridgehead atoms. The van der Waals surface area contributed by atoms with Crippen LogP contribution >= 0.6 is 15.9 Å². The van der Waals surface area contributed by atoms with Crippen molar-refractivity contribution in [3.63, 3.8) is 0 Å². The van der Waals surface area contributed by atoms with Gasteiger partial charge in [-0.25, -0.2) is 4.39 Å². The standard InChI is InChI=1S/C14H12BrFN2O2/c1-9-2-4-11(7-14(9)18(19)20)17-8-10-3-5-12(15)13(16)6-10/h2-7,17H,8H2,1H3. The molecule has 0 radical (unpaired) electrons. The van der Waals surface area contributed by atoms with Crippen molar-refractivity contribution in [3.05, 3.63) is 67.9 Å². The largest absolute Gasteiger partial charge is 0.381 e. The molecular formula is C14H12BrFN2O2. The van der Waals surface area contributed by atoms with Gasteiger partial charge in [0.25, 0.3) is 5.69 Å². The Morgan fingerprint density at radius 3 is 2.70 bits per heavy atom. The number of nitrogens with one attached hydrogen (secondary N) is 1. The smallest absolute Gasteiger partial charge is 0.274 e. The quantitative estimate of drug-likeness (QED) is 0.663. The fourth-order valence-corrected chi connectivity index (χ4v) is 2.02. The number of benzene rings is 2. The fourth-order valence-electron chi connectivity index (χ4n) is 1.77. The number of aryl methyl sites for hydroxylation is 1. The van der Waals surface area contributed by atoms with Crippen LogP contribution in [-0.4, -0.2) is 4.92 Å². The maximum atomic E-state index is 13.4. The van der Waals surface area contributed by atoms with Crippen LogP contribution in [0.5, 0.6) is 0 Å². The van der Waals surface area contributed by atoms with Gasteiger partial charge in [0.1, 0.15) is 5.82 Å². The molecule has 0 heterocycles. The first-order valence-electron chi connectivity index (χ1n) is 5.90. The van der Waals surface area contributed by atoms with Gasteiger partial charge in [-0.3, -0.25) is 10.1 Å². The molecule has 0 saturated carbocycles. The van der Waals surface area contributed by atoms with Crippen molar-refractivity contribution in [1.29, 1.82) is 0 Å². The lowest BCUT2D eigenvalue weighted by molar-refractivity contribution is -0.385. The molecule has 2 rings (SSSR count). The summed E-state index contributed by atoms with van der Waals surface area (Å²) in [6.07, 6.45) is 0. The zero-order chi connectivity index (χ0) is 14.7. The van der Waals surface area contributed by atoms with Crippen LogP contribution in [0.15, 0.2) is 40.9 Å². The highest BCUT2D eigenvalue weighted by Crippen LogP contribution is 2.23. The minimum Gasteiger partial charge on any atom is -0.381 e. The Kier molecular flexibility index (Phi) is 4.34. The van der Waals surface area contributed by atoms with E-state index in [9.17, 15) is 14.5 Å². The Labute approximate surface area is 123 Å². The normalized spacial score (nSPS) is 10.3. The summed E-state index contributed by atoms with van der Waals surface area (Å²) < 4.78 is 13.8. The number of halogens is 2. The van der Waals surface area contributed by atoms with Crippen molar-refractivity contribution in [2.24, 2.45) is 0 Å². The first kappa shape index (κ1) is 14.5. The van der Waals surface area contributed by atoms with Gasteiger partial charge in [0.05, 0.1) is 9.40 Å². The Bertz CT molecular complexity index is 662. The molecule has 0 saturated heterocycles. The van der Waals surface area contributed by atoms with Gasteiger partial charge >= 0.3 is 0 Å². The molecule has 104 valence electrons. The summed E-state index contributed by atoms with van der Waals surface area (Å²) >= 11 is 3.09. The van der Waals surface area contributed by atoms with Crippen molar-refractivity contribution in [2.75, 3.05) is 5.32 Å². The second-order valence-electron chi connectivity index (χ2n) is 4.36. The van der Waals surface area contributed by atoms with Gasteiger partial charge in [0, 0.05) is 23.9 Å². The van der Waals surface area contributed by atoms with Crippen LogP contribution in [-0.2, 0) is 6.54 Å². The van der Waals surface area contributed by atoms with Crippen molar-refractivity contribution >= 4 is 27.3 Å². The van der Waals surface area contributed by atoms with Crippen LogP contribution in [0.25, 0.3) is 0 Å². The van der Waals surface area contributed by atoms with Crippen LogP contribution < -0.4 is 5.32 Å². The zero-order valence-electron chi connectivity index (χ0n) is 10.7. The lowest BCUT2D eigenvalue weighted by Gasteiger charge is -2.08. The van der Waals surface area contributed by atoms with Gasteiger partial charge in [0.2, 0.25) is 0 Å². The highest BCUT2D eigenvalue weighted by Gasteiger charge is 2.10. The van der Waals surface area contributed by atoms with E-state index in [4.69, 9.17) is 0 Å². The summed E-state index contributed by atoms with van der Waals surface area (Å²) in [6, 6.07) is 9.75. The van der Waals surface area contributed by atoms with Crippen molar-refractivity contribution < 1.29 is 9.31 Å². The maximum absolute atomic E-state index is 13.4. The Morgan fingerprint density at radius 2 is 2.05 bits per heavy atom. The third-order valence-corrected chi connectivity index (χ3v) is 3.53. The number of hydrogen-bond donors (Lipinski definition) is 1. The average Bonchev–Trinajstić information content (AvgIpc) is 2.41. The molecular weight excluding hydrogens is 327 g/mol. The predicted octanol–water partition coefficient (Wildman–Crippen LogP) is 4.42. The second-order valence-corrected chi connectivity index (χ2v) is 5.21. The topological polar surface area (TPSA) is 55.2 Å². The third-order valence-electron chi connectivity index (χ3n) is 2.89. The van der Waals surface area contributed by atoms with E-state index >= 15 is 0 Å². The number of anilines is 1. The van der Waals surface area contributed by atoms with E-state index in [1.54, 1.807) is 31.2 Å². The summed E-state index contributed by atoms with van der Waals surface area (Å²) in [5, 5.41) is 13.9. The maximum Gasteiger partial charge on any atom is 0.274 e. The van der Waals surface area contributed by atoms with E-state index in [0.717, 1.165) is 5.56 Å². The molecule has 20 heavy (non-hydrogen) atoms. The predicted molar refractivity (Wildman–Crippen MR) is 79.3 cm³/mol. The SMILES string of the molecule is Cc1ccc(NCc2ccc(Br)c(F)c2)cc1[N+](=O)[O-]. The molecule has 0 aromatic heterocycles. The Balaban J connectivity index is 2.12. The third kappa shape index (κ3) is 3.33. The molecule has 2 aromatic carbocycles. The summed E-state index contributed by atoms with van der Waals surface area (Å²) in [5.74, 6) is -0.334. The molecule has 0 amide bonds. The molecule has 0 fully saturated rings. The minimum atomic E-state index is -0.417. The number of hydrogen-bond acceptors (Lipinski definition) is 3. The first-order chi connectivity index (χ1) is 9.47. The van der Waals surface area contributed by atoms with Crippen LogP contribution in [0.2, 0.25) is 0 Å². The summed E-state index contributed by atoms with van der Waals surface area (Å²) in [4.78, 5) is 10.4. The van der Waals surface area contributed by atoms with Crippen molar-refractivity contribution in [2.45, 2.75) is 13.5 Å². The number of nitro groups is 1. The van der Waals surface area contributed by atoms with E-state index in [2.05, 4.69) is 21.2 Å². The van der Waals surface area contributed by atoms with Crippen LogP contribution in [0, 0.1) is 22.9 Å². The van der Waals surface area contributed by atoms with Gasteiger partial charge in [-0.1, -0.05) is 12.1 Å². The van der Waals surface area contributed by atoms with E-state index in [1.807, 2.05) is 0 Å². The monoisotopic (exact) mass is 338 g/mol. The number of nitrogens with zero attached hydrogens (tertiary/aromatic N) is 1. The first-order valence-corrected chi connectivity index (χ1v) is 6.69. The lowest BCUT2D eigenvalue weighted by atomic mass is 10.1.